The Bertz CT molecular complexity index is 3420. The van der Waals surface area contributed by atoms with E-state index in [2.05, 4.69) is 229 Å². The molecular formula is C67H51N2OP2Pt+3. The Kier molecular flexibility index (Phi) is 15.6. The Morgan fingerprint density at radius 3 is 1.29 bits per heavy atom. The van der Waals surface area contributed by atoms with E-state index in [-0.39, 0.29) is 21.1 Å². The molecule has 352 valence electrons. The monoisotopic (exact) mass is 1160 g/mol. The van der Waals surface area contributed by atoms with Gasteiger partial charge in [0, 0.05) is 17.3 Å². The number of benzene rings is 10. The first-order valence-electron chi connectivity index (χ1n) is 24.3. The van der Waals surface area contributed by atoms with Crippen LogP contribution in [0, 0.1) is 6.07 Å². The van der Waals surface area contributed by atoms with Gasteiger partial charge in [0.2, 0.25) is 0 Å². The summed E-state index contributed by atoms with van der Waals surface area (Å²) in [6.45, 7) is 0. The zero-order chi connectivity index (χ0) is 48.5. The van der Waals surface area contributed by atoms with Gasteiger partial charge >= 0.3 is 21.1 Å². The minimum Gasteiger partial charge on any atom is -0.497 e. The zero-order valence-electron chi connectivity index (χ0n) is 40.2. The first kappa shape index (κ1) is 49.0. The summed E-state index contributed by atoms with van der Waals surface area (Å²) >= 11 is 0. The molecule has 0 atom stereocenters. The number of hydrogen-bond acceptors (Lipinski definition) is 3. The molecule has 0 spiro atoms. The quantitative estimate of drug-likeness (QED) is 0.0956. The standard InChI is InChI=1S/C44H32P2.C23H17N2O.Pt/c1-5-19-35(20-6-1)45(36-21-7-2-8-22-36)41-31-29-33-17-13-15-27-39(33)43(41)44-40-28-16-14-18-34(40)30-32-42(44)46(37-23-9-3-10-24-37)38-25-11-4-12-26-38;1-26-20-12-10-17(11-13-20)19-15-22(18-7-3-2-4-8-18)25-23(16-19)21-9-5-6-14-24-21;/h1-32H;2-7,9-16H,1H3;/q;-1;+2/p+2. The number of nitrogens with zero attached hydrogens (tertiary/aromatic N) is 2. The fraction of sp³-hybridized carbons (Fsp3) is 0.0149. The van der Waals surface area contributed by atoms with Crippen LogP contribution in [0.5, 0.6) is 5.75 Å². The molecule has 10 aromatic carbocycles. The second-order valence-electron chi connectivity index (χ2n) is 17.5. The normalized spacial score (nSPS) is 10.9. The molecule has 0 amide bonds. The molecule has 12 aromatic rings. The molecule has 0 aliphatic rings. The van der Waals surface area contributed by atoms with Gasteiger partial charge in [-0.05, 0) is 129 Å². The van der Waals surface area contributed by atoms with Crippen LogP contribution in [0.2, 0.25) is 0 Å². The van der Waals surface area contributed by atoms with Crippen LogP contribution in [-0.2, 0) is 21.1 Å². The number of hydrogen-bond donors (Lipinski definition) is 0. The van der Waals surface area contributed by atoms with E-state index in [0.717, 1.165) is 39.5 Å². The minimum absolute atomic E-state index is 0. The second-order valence-corrected chi connectivity index (χ2v) is 22.4. The molecule has 2 aromatic heterocycles. The van der Waals surface area contributed by atoms with Gasteiger partial charge in [0.05, 0.1) is 34.3 Å². The second kappa shape index (κ2) is 23.3. The molecule has 0 saturated heterocycles. The van der Waals surface area contributed by atoms with Gasteiger partial charge in [-0.1, -0.05) is 158 Å². The van der Waals surface area contributed by atoms with Gasteiger partial charge in [0.15, 0.2) is 0 Å². The van der Waals surface area contributed by atoms with Gasteiger partial charge in [0.1, 0.15) is 37.6 Å². The molecular weight excluding hydrogens is 1110 g/mol. The summed E-state index contributed by atoms with van der Waals surface area (Å²) in [6, 6.07) is 101. The number of fused-ring (bicyclic) bond motifs is 2. The average Bonchev–Trinajstić information content (AvgIpc) is 3.47. The molecule has 6 heteroatoms. The Morgan fingerprint density at radius 2 is 0.836 bits per heavy atom. The van der Waals surface area contributed by atoms with E-state index in [0.29, 0.717) is 0 Å². The van der Waals surface area contributed by atoms with Gasteiger partial charge in [-0.15, -0.1) is 35.9 Å². The van der Waals surface area contributed by atoms with Crippen molar-refractivity contribution < 1.29 is 25.8 Å². The van der Waals surface area contributed by atoms with Gasteiger partial charge in [-0.25, -0.2) is 0 Å². The van der Waals surface area contributed by atoms with Crippen molar-refractivity contribution in [2.24, 2.45) is 0 Å². The van der Waals surface area contributed by atoms with Crippen molar-refractivity contribution in [3.05, 3.63) is 285 Å². The molecule has 0 saturated carbocycles. The number of aromatic nitrogens is 2. The van der Waals surface area contributed by atoms with Crippen molar-refractivity contribution in [2.45, 2.75) is 0 Å². The summed E-state index contributed by atoms with van der Waals surface area (Å²) in [4.78, 5) is 9.27. The Balaban J connectivity index is 0.000000192. The fourth-order valence-corrected chi connectivity index (χ4v) is 15.2. The SMILES string of the molecule is COc1ccc(-c2cc(-c3[c-]cccc3)nc(-c3ccccn3)c2)cc1.[Pt+2].c1ccc([PH+](c2ccccc2)c2ccc3ccccc3c2-c2c([PH+](c3ccccc3)c3ccccc3)ccc3ccccc23)cc1. The predicted molar refractivity (Wildman–Crippen MR) is 311 cm³/mol. The average molecular weight is 1160 g/mol. The first-order valence-corrected chi connectivity index (χ1v) is 27.3. The van der Waals surface area contributed by atoms with E-state index in [4.69, 9.17) is 9.72 Å². The maximum absolute atomic E-state index is 5.26. The molecule has 0 bridgehead atoms. The topological polar surface area (TPSA) is 35.0 Å². The molecule has 0 unspecified atom stereocenters. The van der Waals surface area contributed by atoms with E-state index in [1.165, 1.54) is 64.5 Å². The van der Waals surface area contributed by atoms with E-state index in [1.54, 1.807) is 13.3 Å². The van der Waals surface area contributed by atoms with Crippen LogP contribution in [0.3, 0.4) is 0 Å². The number of methoxy groups -OCH3 is 1. The molecule has 0 aliphatic heterocycles. The van der Waals surface area contributed by atoms with Crippen molar-refractivity contribution in [2.75, 3.05) is 7.11 Å². The molecule has 0 fully saturated rings. The third-order valence-corrected chi connectivity index (χ3v) is 18.6. The van der Waals surface area contributed by atoms with Crippen LogP contribution in [0.15, 0.2) is 279 Å². The molecule has 3 nitrogen and oxygen atoms in total. The summed E-state index contributed by atoms with van der Waals surface area (Å²) in [6.07, 6.45) is 1.78. The summed E-state index contributed by atoms with van der Waals surface area (Å²) in [7, 11) is -1.07. The summed E-state index contributed by atoms with van der Waals surface area (Å²) in [5.41, 5.74) is 8.45. The molecule has 2 heterocycles. The van der Waals surface area contributed by atoms with Crippen molar-refractivity contribution in [1.29, 1.82) is 0 Å². The third kappa shape index (κ3) is 10.8. The minimum atomic E-state index is -1.37. The first-order chi connectivity index (χ1) is 35.7. The Labute approximate surface area is 445 Å². The summed E-state index contributed by atoms with van der Waals surface area (Å²) in [5.74, 6) is 0.837. The van der Waals surface area contributed by atoms with E-state index < -0.39 is 15.8 Å². The molecule has 12 rings (SSSR count). The van der Waals surface area contributed by atoms with E-state index in [9.17, 15) is 0 Å². The fourth-order valence-electron chi connectivity index (χ4n) is 9.69. The molecule has 0 aliphatic carbocycles. The van der Waals surface area contributed by atoms with Crippen LogP contribution in [0.25, 0.3) is 66.4 Å². The predicted octanol–water partition coefficient (Wildman–Crippen LogP) is 13.9. The number of rotatable bonds is 11. The Hall–Kier alpha value is -7.63. The van der Waals surface area contributed by atoms with Crippen molar-refractivity contribution in [1.82, 2.24) is 9.97 Å². The van der Waals surface area contributed by atoms with Crippen molar-refractivity contribution in [3.8, 4) is 50.6 Å². The van der Waals surface area contributed by atoms with Gasteiger partial charge < -0.3 is 4.74 Å². The van der Waals surface area contributed by atoms with Crippen molar-refractivity contribution in [3.63, 3.8) is 0 Å². The van der Waals surface area contributed by atoms with Crippen LogP contribution in [-0.4, -0.2) is 17.1 Å². The molecule has 0 N–H and O–H groups in total. The zero-order valence-corrected chi connectivity index (χ0v) is 44.4. The third-order valence-electron chi connectivity index (χ3n) is 13.1. The molecule has 0 radical (unpaired) electrons. The van der Waals surface area contributed by atoms with E-state index in [1.807, 2.05) is 54.6 Å². The van der Waals surface area contributed by atoms with Crippen LogP contribution >= 0.6 is 15.8 Å². The van der Waals surface area contributed by atoms with E-state index >= 15 is 0 Å². The summed E-state index contributed by atoms with van der Waals surface area (Å²) in [5, 5.41) is 13.6. The number of pyridine rings is 2. The summed E-state index contributed by atoms with van der Waals surface area (Å²) < 4.78 is 5.26. The Morgan fingerprint density at radius 1 is 0.384 bits per heavy atom. The maximum Gasteiger partial charge on any atom is 2.00 e. The van der Waals surface area contributed by atoms with Gasteiger partial charge in [-0.3, -0.25) is 9.97 Å². The maximum atomic E-state index is 5.26. The molecule has 73 heavy (non-hydrogen) atoms. The van der Waals surface area contributed by atoms with Crippen LogP contribution in [0.4, 0.5) is 0 Å². The van der Waals surface area contributed by atoms with Crippen LogP contribution < -0.4 is 36.6 Å². The number of ether oxygens (including phenoxy) is 1. The smallest absolute Gasteiger partial charge is 0.497 e. The van der Waals surface area contributed by atoms with Gasteiger partial charge in [0.25, 0.3) is 0 Å². The van der Waals surface area contributed by atoms with Crippen LogP contribution in [0.1, 0.15) is 0 Å². The van der Waals surface area contributed by atoms with Crippen molar-refractivity contribution >= 4 is 69.2 Å². The van der Waals surface area contributed by atoms with Gasteiger partial charge in [-0.2, -0.15) is 0 Å². The largest absolute Gasteiger partial charge is 2.00 e.